The Hall–Kier alpha value is -1.78. The number of fused-ring (bicyclic) bond motifs is 1. The molecular weight excluding hydrogens is 256 g/mol. The van der Waals surface area contributed by atoms with Gasteiger partial charge in [-0.05, 0) is 23.6 Å². The summed E-state index contributed by atoms with van der Waals surface area (Å²) in [7, 11) is 3.32. The number of hydrogen-bond donors (Lipinski definition) is 0. The quantitative estimate of drug-likeness (QED) is 0.695. The molecule has 0 N–H and O–H groups in total. The third-order valence-electron chi connectivity index (χ3n) is 2.91. The van der Waals surface area contributed by atoms with Gasteiger partial charge in [-0.3, -0.25) is 0 Å². The van der Waals surface area contributed by atoms with Gasteiger partial charge in [0.25, 0.3) is 0 Å². The zero-order valence-corrected chi connectivity index (χ0v) is 11.9. The van der Waals surface area contributed by atoms with Crippen LogP contribution in [0.5, 0.6) is 11.5 Å². The van der Waals surface area contributed by atoms with Crippen molar-refractivity contribution in [1.29, 1.82) is 0 Å². The maximum atomic E-state index is 5.74. The predicted octanol–water partition coefficient (Wildman–Crippen LogP) is 2.89. The summed E-state index contributed by atoms with van der Waals surface area (Å²) in [6.45, 7) is 2.21. The molecule has 4 heteroatoms. The summed E-state index contributed by atoms with van der Waals surface area (Å²) in [6, 6.07) is 12.0. The first-order valence-corrected chi connectivity index (χ1v) is 6.61. The van der Waals surface area contributed by atoms with Gasteiger partial charge in [-0.25, -0.2) is 0 Å². The van der Waals surface area contributed by atoms with Gasteiger partial charge in [0.15, 0.2) is 0 Å². The molecule has 0 aromatic heterocycles. The van der Waals surface area contributed by atoms with Crippen LogP contribution in [0, 0.1) is 0 Å². The Kier molecular flexibility index (Phi) is 5.65. The first kappa shape index (κ1) is 14.6. The fourth-order valence-corrected chi connectivity index (χ4v) is 1.92. The predicted molar refractivity (Wildman–Crippen MR) is 78.7 cm³/mol. The van der Waals surface area contributed by atoms with Gasteiger partial charge in [-0.1, -0.05) is 18.2 Å². The van der Waals surface area contributed by atoms with E-state index in [0.717, 1.165) is 22.3 Å². The molecule has 4 nitrogen and oxygen atoms in total. The highest BCUT2D eigenvalue weighted by Gasteiger charge is 2.04. The second-order valence-electron chi connectivity index (χ2n) is 4.32. The molecule has 0 aliphatic heterocycles. The third-order valence-corrected chi connectivity index (χ3v) is 2.91. The van der Waals surface area contributed by atoms with Crippen molar-refractivity contribution in [2.24, 2.45) is 0 Å². The Morgan fingerprint density at radius 1 is 0.800 bits per heavy atom. The molecule has 0 fully saturated rings. The Labute approximate surface area is 119 Å². The zero-order chi connectivity index (χ0) is 14.2. The topological polar surface area (TPSA) is 36.9 Å². The summed E-state index contributed by atoms with van der Waals surface area (Å²) < 4.78 is 21.3. The van der Waals surface area contributed by atoms with Crippen LogP contribution in [-0.4, -0.2) is 40.6 Å². The monoisotopic (exact) mass is 276 g/mol. The van der Waals surface area contributed by atoms with E-state index >= 15 is 0 Å². The van der Waals surface area contributed by atoms with Gasteiger partial charge in [0.2, 0.25) is 0 Å². The van der Waals surface area contributed by atoms with Crippen LogP contribution in [-0.2, 0) is 9.47 Å². The molecule has 0 bridgehead atoms. The fourth-order valence-electron chi connectivity index (χ4n) is 1.92. The molecule has 2 rings (SSSR count). The van der Waals surface area contributed by atoms with Crippen LogP contribution in [0.2, 0.25) is 0 Å². The van der Waals surface area contributed by atoms with E-state index in [1.165, 1.54) is 0 Å². The second kappa shape index (κ2) is 7.72. The largest absolute Gasteiger partial charge is 0.491 e. The molecule has 2 aromatic carbocycles. The Morgan fingerprint density at radius 2 is 1.55 bits per heavy atom. The van der Waals surface area contributed by atoms with E-state index in [9.17, 15) is 0 Å². The summed E-state index contributed by atoms with van der Waals surface area (Å²) >= 11 is 0. The van der Waals surface area contributed by atoms with Gasteiger partial charge in [-0.15, -0.1) is 0 Å². The lowest BCUT2D eigenvalue weighted by Gasteiger charge is -2.11. The molecule has 0 radical (unpaired) electrons. The van der Waals surface area contributed by atoms with E-state index in [4.69, 9.17) is 18.9 Å². The van der Waals surface area contributed by atoms with Crippen LogP contribution < -0.4 is 9.47 Å². The summed E-state index contributed by atoms with van der Waals surface area (Å²) in [6.07, 6.45) is 0. The van der Waals surface area contributed by atoms with Gasteiger partial charge in [0.1, 0.15) is 24.7 Å². The van der Waals surface area contributed by atoms with Crippen LogP contribution in [0.1, 0.15) is 0 Å². The number of methoxy groups -OCH3 is 2. The summed E-state index contributed by atoms with van der Waals surface area (Å²) in [4.78, 5) is 0. The standard InChI is InChI=1S/C16H20O4/c1-17-8-10-19-14-7-6-13-4-3-5-16(15(13)12-14)20-11-9-18-2/h3-7,12H,8-11H2,1-2H3. The van der Waals surface area contributed by atoms with Crippen molar-refractivity contribution in [2.45, 2.75) is 0 Å². The Morgan fingerprint density at radius 3 is 2.30 bits per heavy atom. The van der Waals surface area contributed by atoms with Crippen molar-refractivity contribution in [3.05, 3.63) is 36.4 Å². The van der Waals surface area contributed by atoms with Gasteiger partial charge in [0.05, 0.1) is 13.2 Å². The van der Waals surface area contributed by atoms with Crippen molar-refractivity contribution < 1.29 is 18.9 Å². The van der Waals surface area contributed by atoms with Crippen LogP contribution in [0.4, 0.5) is 0 Å². The third kappa shape index (κ3) is 3.85. The van der Waals surface area contributed by atoms with Crippen LogP contribution in [0.3, 0.4) is 0 Å². The van der Waals surface area contributed by atoms with Crippen molar-refractivity contribution >= 4 is 10.8 Å². The maximum Gasteiger partial charge on any atom is 0.127 e. The van der Waals surface area contributed by atoms with E-state index in [1.807, 2.05) is 30.3 Å². The zero-order valence-electron chi connectivity index (χ0n) is 11.9. The maximum absolute atomic E-state index is 5.74. The molecule has 2 aromatic rings. The molecule has 0 unspecified atom stereocenters. The lowest BCUT2D eigenvalue weighted by atomic mass is 10.1. The van der Waals surface area contributed by atoms with Gasteiger partial charge < -0.3 is 18.9 Å². The van der Waals surface area contributed by atoms with Crippen molar-refractivity contribution in [3.63, 3.8) is 0 Å². The smallest absolute Gasteiger partial charge is 0.127 e. The SMILES string of the molecule is COCCOc1ccc2cccc(OCCOC)c2c1. The van der Waals surface area contributed by atoms with E-state index in [1.54, 1.807) is 14.2 Å². The minimum absolute atomic E-state index is 0.532. The van der Waals surface area contributed by atoms with Crippen LogP contribution >= 0.6 is 0 Å². The number of rotatable bonds is 8. The fraction of sp³-hybridized carbons (Fsp3) is 0.375. The minimum atomic E-state index is 0.532. The molecule has 0 saturated heterocycles. The highest BCUT2D eigenvalue weighted by atomic mass is 16.5. The summed E-state index contributed by atoms with van der Waals surface area (Å²) in [5.41, 5.74) is 0. The molecule has 0 amide bonds. The number of hydrogen-bond acceptors (Lipinski definition) is 4. The van der Waals surface area contributed by atoms with Gasteiger partial charge >= 0.3 is 0 Å². The number of benzene rings is 2. The van der Waals surface area contributed by atoms with Gasteiger partial charge in [0, 0.05) is 19.6 Å². The van der Waals surface area contributed by atoms with Crippen molar-refractivity contribution in [1.82, 2.24) is 0 Å². The van der Waals surface area contributed by atoms with Crippen LogP contribution in [0.25, 0.3) is 10.8 Å². The molecule has 0 atom stereocenters. The molecule has 0 aliphatic rings. The molecule has 0 aliphatic carbocycles. The molecule has 0 spiro atoms. The Balaban J connectivity index is 2.17. The molecule has 20 heavy (non-hydrogen) atoms. The molecule has 0 heterocycles. The average molecular weight is 276 g/mol. The lowest BCUT2D eigenvalue weighted by molar-refractivity contribution is 0.146. The normalized spacial score (nSPS) is 10.7. The van der Waals surface area contributed by atoms with E-state index in [-0.39, 0.29) is 0 Å². The first-order chi connectivity index (χ1) is 9.85. The number of ether oxygens (including phenoxy) is 4. The summed E-state index contributed by atoms with van der Waals surface area (Å²) in [5.74, 6) is 1.66. The Bertz CT molecular complexity index is 539. The first-order valence-electron chi connectivity index (χ1n) is 6.61. The van der Waals surface area contributed by atoms with E-state index in [2.05, 4.69) is 6.07 Å². The van der Waals surface area contributed by atoms with Crippen molar-refractivity contribution in [3.8, 4) is 11.5 Å². The molecular formula is C16H20O4. The average Bonchev–Trinajstić information content (AvgIpc) is 2.48. The van der Waals surface area contributed by atoms with Gasteiger partial charge in [-0.2, -0.15) is 0 Å². The highest BCUT2D eigenvalue weighted by Crippen LogP contribution is 2.29. The second-order valence-corrected chi connectivity index (χ2v) is 4.32. The van der Waals surface area contributed by atoms with E-state index < -0.39 is 0 Å². The summed E-state index contributed by atoms with van der Waals surface area (Å²) in [5, 5.41) is 2.16. The van der Waals surface area contributed by atoms with Crippen molar-refractivity contribution in [2.75, 3.05) is 40.6 Å². The highest BCUT2D eigenvalue weighted by molar-refractivity contribution is 5.89. The van der Waals surface area contributed by atoms with E-state index in [0.29, 0.717) is 26.4 Å². The minimum Gasteiger partial charge on any atom is -0.491 e. The lowest BCUT2D eigenvalue weighted by Crippen LogP contribution is -2.05. The van der Waals surface area contributed by atoms with Crippen LogP contribution in [0.15, 0.2) is 36.4 Å². The molecule has 108 valence electrons. The molecule has 0 saturated carbocycles.